The summed E-state index contributed by atoms with van der Waals surface area (Å²) in [6, 6.07) is 6.55. The van der Waals surface area contributed by atoms with Crippen molar-refractivity contribution in [2.75, 3.05) is 6.61 Å². The van der Waals surface area contributed by atoms with E-state index in [2.05, 4.69) is 5.32 Å². The molecule has 3 rings (SSSR count). The first-order valence-corrected chi connectivity index (χ1v) is 8.89. The maximum Gasteiger partial charge on any atom is 0.332 e. The summed E-state index contributed by atoms with van der Waals surface area (Å²) < 4.78 is 16.8. The molecule has 0 saturated carbocycles. The zero-order valence-electron chi connectivity index (χ0n) is 13.7. The lowest BCUT2D eigenvalue weighted by Gasteiger charge is -2.41. The van der Waals surface area contributed by atoms with Gasteiger partial charge in [-0.15, -0.1) is 0 Å². The summed E-state index contributed by atoms with van der Waals surface area (Å²) in [6.07, 6.45) is 0. The molecule has 1 aromatic carbocycles. The number of benzene rings is 1. The van der Waals surface area contributed by atoms with Crippen LogP contribution in [0, 0.1) is 0 Å². The van der Waals surface area contributed by atoms with Crippen LogP contribution in [0.15, 0.2) is 30.3 Å². The van der Waals surface area contributed by atoms with Gasteiger partial charge in [0.25, 0.3) is 11.8 Å². The first-order chi connectivity index (χ1) is 11.7. The fraction of sp³-hybridized carbons (Fsp3) is 0.438. The summed E-state index contributed by atoms with van der Waals surface area (Å²) >= 11 is -1.61. The lowest BCUT2D eigenvalue weighted by Crippen LogP contribution is -2.72. The molecule has 0 bridgehead atoms. The van der Waals surface area contributed by atoms with Gasteiger partial charge in [-0.2, -0.15) is 0 Å². The fourth-order valence-electron chi connectivity index (χ4n) is 3.17. The Morgan fingerprint density at radius 2 is 2.00 bits per heavy atom. The van der Waals surface area contributed by atoms with Gasteiger partial charge < -0.3 is 19.7 Å². The molecule has 2 aliphatic heterocycles. The predicted molar refractivity (Wildman–Crippen MR) is 88.1 cm³/mol. The van der Waals surface area contributed by atoms with Gasteiger partial charge in [0.1, 0.15) is 5.75 Å². The van der Waals surface area contributed by atoms with Crippen LogP contribution in [-0.4, -0.2) is 61.2 Å². The van der Waals surface area contributed by atoms with E-state index in [1.165, 1.54) is 0 Å². The molecule has 3 unspecified atom stereocenters. The number of aliphatic carboxylic acids is 1. The zero-order valence-corrected chi connectivity index (χ0v) is 14.5. The topological polar surface area (TPSA) is 119 Å². The Labute approximate surface area is 147 Å². The Bertz CT molecular complexity index is 710. The minimum atomic E-state index is -1.61. The molecule has 2 N–H and O–H groups in total. The number of carbonyl (C=O) groups is 3. The molecule has 0 spiro atoms. The van der Waals surface area contributed by atoms with Crippen molar-refractivity contribution in [3.05, 3.63) is 30.3 Å². The number of amides is 2. The molecule has 0 aliphatic carbocycles. The predicted octanol–water partition coefficient (Wildman–Crippen LogP) is -0.287. The van der Waals surface area contributed by atoms with Gasteiger partial charge in [-0.1, -0.05) is 18.2 Å². The van der Waals surface area contributed by atoms with Crippen molar-refractivity contribution in [2.24, 2.45) is 0 Å². The SMILES string of the molecule is CC1(C)C(C(=O)O)N2C(=O)C(NC(=O)COc3ccccc3)[C@H]2[S+]1[O-]. The minimum Gasteiger partial charge on any atom is -0.614 e. The van der Waals surface area contributed by atoms with Crippen LogP contribution in [-0.2, 0) is 25.6 Å². The molecule has 9 heteroatoms. The maximum absolute atomic E-state index is 12.6. The monoisotopic (exact) mass is 366 g/mol. The molecular weight excluding hydrogens is 348 g/mol. The number of hydrogen-bond acceptors (Lipinski definition) is 5. The van der Waals surface area contributed by atoms with Crippen molar-refractivity contribution in [3.8, 4) is 5.75 Å². The molecule has 2 aliphatic rings. The molecule has 4 atom stereocenters. The van der Waals surface area contributed by atoms with E-state index in [0.29, 0.717) is 5.75 Å². The van der Waals surface area contributed by atoms with Gasteiger partial charge in [-0.05, 0) is 37.2 Å². The molecule has 25 heavy (non-hydrogen) atoms. The number of nitrogens with zero attached hydrogens (tertiary/aromatic N) is 1. The van der Waals surface area contributed by atoms with Crippen LogP contribution in [0.5, 0.6) is 5.75 Å². The van der Waals surface area contributed by atoms with Crippen LogP contribution in [0.25, 0.3) is 0 Å². The first kappa shape index (κ1) is 17.6. The third-order valence-electron chi connectivity index (χ3n) is 4.42. The number of carboxylic acid groups (broad SMARTS) is 1. The van der Waals surface area contributed by atoms with Gasteiger partial charge in [-0.25, -0.2) is 4.79 Å². The van der Waals surface area contributed by atoms with Gasteiger partial charge in [0.05, 0.1) is 0 Å². The number of carbonyl (C=O) groups excluding carboxylic acids is 2. The molecule has 0 aromatic heterocycles. The lowest BCUT2D eigenvalue weighted by molar-refractivity contribution is -0.161. The highest BCUT2D eigenvalue weighted by atomic mass is 32.2. The second-order valence-corrected chi connectivity index (χ2v) is 8.55. The number of β-lactam (4-membered cyclic amide) rings is 1. The second kappa shape index (κ2) is 6.23. The van der Waals surface area contributed by atoms with Gasteiger partial charge >= 0.3 is 5.97 Å². The van der Waals surface area contributed by atoms with E-state index in [1.54, 1.807) is 38.1 Å². The zero-order chi connectivity index (χ0) is 18.4. The summed E-state index contributed by atoms with van der Waals surface area (Å²) in [4.78, 5) is 36.8. The van der Waals surface area contributed by atoms with Crippen molar-refractivity contribution in [2.45, 2.75) is 36.1 Å². The van der Waals surface area contributed by atoms with Crippen molar-refractivity contribution in [1.29, 1.82) is 0 Å². The number of hydrogen-bond donors (Lipinski definition) is 2. The fourth-order valence-corrected chi connectivity index (χ4v) is 5.09. The van der Waals surface area contributed by atoms with E-state index < -0.39 is 51.2 Å². The van der Waals surface area contributed by atoms with Crippen molar-refractivity contribution >= 4 is 29.0 Å². The Balaban J connectivity index is 1.64. The number of para-hydroxylation sites is 1. The van der Waals surface area contributed by atoms with Gasteiger partial charge in [0, 0.05) is 0 Å². The largest absolute Gasteiger partial charge is 0.614 e. The molecule has 8 nitrogen and oxygen atoms in total. The summed E-state index contributed by atoms with van der Waals surface area (Å²) in [5.74, 6) is -1.76. The minimum absolute atomic E-state index is 0.293. The normalized spacial score (nSPS) is 29.6. The van der Waals surface area contributed by atoms with Crippen molar-refractivity contribution in [3.63, 3.8) is 0 Å². The molecule has 2 saturated heterocycles. The number of ether oxygens (including phenoxy) is 1. The average Bonchev–Trinajstić information content (AvgIpc) is 2.76. The van der Waals surface area contributed by atoms with Crippen LogP contribution in [0.1, 0.15) is 13.8 Å². The first-order valence-electron chi connectivity index (χ1n) is 7.68. The Morgan fingerprint density at radius 1 is 1.36 bits per heavy atom. The van der Waals surface area contributed by atoms with E-state index in [0.717, 1.165) is 4.90 Å². The summed E-state index contributed by atoms with van der Waals surface area (Å²) in [5, 5.41) is 11.0. The Kier molecular flexibility index (Phi) is 4.38. The van der Waals surface area contributed by atoms with Crippen molar-refractivity contribution < 1.29 is 28.8 Å². The number of carboxylic acids is 1. The van der Waals surface area contributed by atoms with E-state index >= 15 is 0 Å². The van der Waals surface area contributed by atoms with E-state index in [4.69, 9.17) is 4.74 Å². The molecule has 134 valence electrons. The smallest absolute Gasteiger partial charge is 0.332 e. The number of rotatable bonds is 5. The highest BCUT2D eigenvalue weighted by molar-refractivity contribution is 7.94. The molecule has 2 amide bonds. The Morgan fingerprint density at radius 3 is 2.60 bits per heavy atom. The van der Waals surface area contributed by atoms with Gasteiger partial charge in [0.15, 0.2) is 23.4 Å². The third kappa shape index (κ3) is 2.83. The van der Waals surface area contributed by atoms with E-state index in [-0.39, 0.29) is 6.61 Å². The lowest BCUT2D eigenvalue weighted by atomic mass is 9.96. The average molecular weight is 366 g/mol. The summed E-state index contributed by atoms with van der Waals surface area (Å²) in [5.41, 5.74) is 0. The Hall–Kier alpha value is -2.26. The molecule has 1 aromatic rings. The molecular formula is C16H18N2O6S. The molecule has 0 radical (unpaired) electrons. The highest BCUT2D eigenvalue weighted by Crippen LogP contribution is 2.45. The summed E-state index contributed by atoms with van der Waals surface area (Å²) in [6.45, 7) is 2.80. The number of nitrogens with one attached hydrogen (secondary N) is 1. The van der Waals surface area contributed by atoms with Crippen LogP contribution in [0.2, 0.25) is 0 Å². The highest BCUT2D eigenvalue weighted by Gasteiger charge is 2.72. The van der Waals surface area contributed by atoms with E-state index in [9.17, 15) is 24.0 Å². The van der Waals surface area contributed by atoms with Gasteiger partial charge in [-0.3, -0.25) is 14.5 Å². The van der Waals surface area contributed by atoms with E-state index in [1.807, 2.05) is 6.07 Å². The maximum atomic E-state index is 12.6. The van der Waals surface area contributed by atoms with Crippen LogP contribution in [0.3, 0.4) is 0 Å². The molecule has 2 heterocycles. The van der Waals surface area contributed by atoms with Crippen LogP contribution in [0.4, 0.5) is 0 Å². The van der Waals surface area contributed by atoms with Gasteiger partial charge in [0.2, 0.25) is 5.37 Å². The quantitative estimate of drug-likeness (QED) is 0.546. The second-order valence-electron chi connectivity index (χ2n) is 6.42. The standard InChI is InChI=1S/C16H18N2O6S/c1-16(2)12(15(21)22)18-13(20)11(14(18)25(16)23)17-10(19)8-24-9-6-4-3-5-7-9/h3-7,11-12,14H,8H2,1-2H3,(H,17,19)(H,21,22)/t11?,12?,14-,25?/m1/s1. The third-order valence-corrected chi connectivity index (χ3v) is 6.62. The van der Waals surface area contributed by atoms with Crippen LogP contribution >= 0.6 is 0 Å². The summed E-state index contributed by atoms with van der Waals surface area (Å²) in [7, 11) is 0. The molecule has 2 fully saturated rings. The van der Waals surface area contributed by atoms with Crippen LogP contribution < -0.4 is 10.1 Å². The number of fused-ring (bicyclic) bond motifs is 1. The van der Waals surface area contributed by atoms with Crippen molar-refractivity contribution in [1.82, 2.24) is 10.2 Å².